The van der Waals surface area contributed by atoms with Crippen molar-refractivity contribution in [2.45, 2.75) is 39.2 Å². The van der Waals surface area contributed by atoms with Crippen molar-refractivity contribution >= 4 is 5.91 Å². The van der Waals surface area contributed by atoms with Crippen molar-refractivity contribution in [2.24, 2.45) is 11.7 Å². The molecule has 1 aliphatic carbocycles. The summed E-state index contributed by atoms with van der Waals surface area (Å²) in [5.74, 6) is 0.410. The molecule has 1 fully saturated rings. The normalized spacial score (nSPS) is 25.3. The van der Waals surface area contributed by atoms with Crippen LogP contribution in [0.4, 0.5) is 0 Å². The number of likely N-dealkylation sites (N-methyl/N-ethyl adjacent to an activating group) is 1. The van der Waals surface area contributed by atoms with Gasteiger partial charge >= 0.3 is 0 Å². The minimum atomic E-state index is 0.152. The predicted octanol–water partition coefficient (Wildman–Crippen LogP) is 1.54. The first-order valence-electron chi connectivity index (χ1n) is 5.73. The quantitative estimate of drug-likeness (QED) is 0.715. The van der Waals surface area contributed by atoms with Crippen molar-refractivity contribution in [3.05, 3.63) is 12.2 Å². The molecule has 0 aliphatic heterocycles. The second-order valence-electron chi connectivity index (χ2n) is 4.58. The molecule has 1 saturated carbocycles. The number of carbonyl (C=O) groups excluding carboxylic acids is 1. The van der Waals surface area contributed by atoms with Gasteiger partial charge in [0.2, 0.25) is 5.91 Å². The van der Waals surface area contributed by atoms with Gasteiger partial charge in [-0.3, -0.25) is 4.79 Å². The molecule has 15 heavy (non-hydrogen) atoms. The van der Waals surface area contributed by atoms with Gasteiger partial charge in [0.15, 0.2) is 0 Å². The Hall–Kier alpha value is -0.830. The van der Waals surface area contributed by atoms with E-state index in [9.17, 15) is 4.79 Å². The van der Waals surface area contributed by atoms with E-state index in [1.165, 1.54) is 0 Å². The fourth-order valence-electron chi connectivity index (χ4n) is 2.17. The van der Waals surface area contributed by atoms with E-state index in [1.54, 1.807) is 0 Å². The number of hydrogen-bond acceptors (Lipinski definition) is 2. The first-order valence-corrected chi connectivity index (χ1v) is 5.73. The summed E-state index contributed by atoms with van der Waals surface area (Å²) in [4.78, 5) is 14.0. The Morgan fingerprint density at radius 2 is 2.20 bits per heavy atom. The van der Waals surface area contributed by atoms with E-state index in [1.807, 2.05) is 18.7 Å². The molecule has 2 N–H and O–H groups in total. The largest absolute Gasteiger partial charge is 0.339 e. The summed E-state index contributed by atoms with van der Waals surface area (Å²) >= 11 is 0. The minimum absolute atomic E-state index is 0.152. The molecular formula is C12H22N2O. The topological polar surface area (TPSA) is 46.3 Å². The zero-order valence-electron chi connectivity index (χ0n) is 9.83. The fraction of sp³-hybridized carbons (Fsp3) is 0.750. The Bertz CT molecular complexity index is 250. The average molecular weight is 210 g/mol. The fourth-order valence-corrected chi connectivity index (χ4v) is 2.17. The average Bonchev–Trinajstić information content (AvgIpc) is 2.60. The van der Waals surface area contributed by atoms with Crippen molar-refractivity contribution in [1.29, 1.82) is 0 Å². The van der Waals surface area contributed by atoms with Gasteiger partial charge in [-0.1, -0.05) is 12.2 Å². The number of carbonyl (C=O) groups is 1. The monoisotopic (exact) mass is 210 g/mol. The molecule has 0 aromatic heterocycles. The third kappa shape index (κ3) is 3.34. The number of amides is 1. The first kappa shape index (κ1) is 12.2. The van der Waals surface area contributed by atoms with Crippen molar-refractivity contribution < 1.29 is 4.79 Å². The molecular weight excluding hydrogens is 188 g/mol. The molecule has 0 heterocycles. The van der Waals surface area contributed by atoms with Gasteiger partial charge in [0, 0.05) is 25.0 Å². The maximum atomic E-state index is 12.1. The van der Waals surface area contributed by atoms with Gasteiger partial charge < -0.3 is 10.6 Å². The van der Waals surface area contributed by atoms with Crippen LogP contribution in [-0.2, 0) is 4.79 Å². The summed E-state index contributed by atoms with van der Waals surface area (Å²) in [5, 5.41) is 0. The van der Waals surface area contributed by atoms with Gasteiger partial charge in [0.1, 0.15) is 0 Å². The van der Waals surface area contributed by atoms with Gasteiger partial charge in [-0.05, 0) is 33.1 Å². The molecule has 2 unspecified atom stereocenters. The van der Waals surface area contributed by atoms with Crippen LogP contribution in [0.2, 0.25) is 0 Å². The number of nitrogens with zero attached hydrogens (tertiary/aromatic N) is 1. The van der Waals surface area contributed by atoms with E-state index in [2.05, 4.69) is 6.58 Å². The lowest BCUT2D eigenvalue weighted by Crippen LogP contribution is -2.36. The Kier molecular flexibility index (Phi) is 4.33. The van der Waals surface area contributed by atoms with E-state index in [4.69, 9.17) is 5.73 Å². The molecule has 1 rings (SSSR count). The lowest BCUT2D eigenvalue weighted by molar-refractivity contribution is -0.134. The lowest BCUT2D eigenvalue weighted by atomic mass is 10.1. The molecule has 3 nitrogen and oxygen atoms in total. The van der Waals surface area contributed by atoms with Gasteiger partial charge in [-0.25, -0.2) is 0 Å². The standard InChI is InChI=1S/C12H22N2O/c1-4-14(8-9(2)3)12(15)10-5-6-11(13)7-10/h10-11H,2,4-8,13H2,1,3H3. The molecule has 1 aliphatic rings. The summed E-state index contributed by atoms with van der Waals surface area (Å²) in [6.45, 7) is 9.26. The van der Waals surface area contributed by atoms with Crippen molar-refractivity contribution in [3.8, 4) is 0 Å². The summed E-state index contributed by atoms with van der Waals surface area (Å²) in [6.07, 6.45) is 2.79. The third-order valence-corrected chi connectivity index (χ3v) is 2.98. The lowest BCUT2D eigenvalue weighted by Gasteiger charge is -2.24. The van der Waals surface area contributed by atoms with E-state index in [0.717, 1.165) is 31.4 Å². The van der Waals surface area contributed by atoms with Crippen LogP contribution in [0.3, 0.4) is 0 Å². The Balaban J connectivity index is 2.53. The molecule has 0 saturated heterocycles. The highest BCUT2D eigenvalue weighted by atomic mass is 16.2. The summed E-state index contributed by atoms with van der Waals surface area (Å²) < 4.78 is 0. The SMILES string of the molecule is C=C(C)CN(CC)C(=O)C1CCC(N)C1. The predicted molar refractivity (Wildman–Crippen MR) is 62.4 cm³/mol. The van der Waals surface area contributed by atoms with Crippen molar-refractivity contribution in [3.63, 3.8) is 0 Å². The van der Waals surface area contributed by atoms with E-state index in [-0.39, 0.29) is 17.9 Å². The van der Waals surface area contributed by atoms with Crippen LogP contribution in [0.1, 0.15) is 33.1 Å². The highest BCUT2D eigenvalue weighted by Gasteiger charge is 2.30. The Labute approximate surface area is 92.3 Å². The zero-order valence-corrected chi connectivity index (χ0v) is 9.83. The molecule has 0 spiro atoms. The van der Waals surface area contributed by atoms with E-state index < -0.39 is 0 Å². The van der Waals surface area contributed by atoms with Crippen LogP contribution >= 0.6 is 0 Å². The molecule has 0 aromatic rings. The minimum Gasteiger partial charge on any atom is -0.339 e. The molecule has 3 heteroatoms. The highest BCUT2D eigenvalue weighted by molar-refractivity contribution is 5.79. The second-order valence-corrected chi connectivity index (χ2v) is 4.58. The summed E-state index contributed by atoms with van der Waals surface area (Å²) in [7, 11) is 0. The maximum absolute atomic E-state index is 12.1. The zero-order chi connectivity index (χ0) is 11.4. The van der Waals surface area contributed by atoms with Crippen LogP contribution in [0.25, 0.3) is 0 Å². The molecule has 0 bridgehead atoms. The molecule has 86 valence electrons. The van der Waals surface area contributed by atoms with Crippen LogP contribution in [0.5, 0.6) is 0 Å². The van der Waals surface area contributed by atoms with Crippen LogP contribution in [0, 0.1) is 5.92 Å². The Morgan fingerprint density at radius 3 is 2.60 bits per heavy atom. The van der Waals surface area contributed by atoms with Gasteiger partial charge in [-0.2, -0.15) is 0 Å². The van der Waals surface area contributed by atoms with Gasteiger partial charge in [-0.15, -0.1) is 0 Å². The Morgan fingerprint density at radius 1 is 1.53 bits per heavy atom. The van der Waals surface area contributed by atoms with Crippen LogP contribution < -0.4 is 5.73 Å². The van der Waals surface area contributed by atoms with E-state index >= 15 is 0 Å². The van der Waals surface area contributed by atoms with Gasteiger partial charge in [0.25, 0.3) is 0 Å². The van der Waals surface area contributed by atoms with Crippen molar-refractivity contribution in [2.75, 3.05) is 13.1 Å². The molecule has 0 radical (unpaired) electrons. The molecule has 2 atom stereocenters. The molecule has 0 aromatic carbocycles. The highest BCUT2D eigenvalue weighted by Crippen LogP contribution is 2.26. The summed E-state index contributed by atoms with van der Waals surface area (Å²) in [6, 6.07) is 0.225. The summed E-state index contributed by atoms with van der Waals surface area (Å²) in [5.41, 5.74) is 6.85. The van der Waals surface area contributed by atoms with Crippen molar-refractivity contribution in [1.82, 2.24) is 4.90 Å². The van der Waals surface area contributed by atoms with E-state index in [0.29, 0.717) is 6.54 Å². The first-order chi connectivity index (χ1) is 7.04. The third-order valence-electron chi connectivity index (χ3n) is 2.98. The molecule has 1 amide bonds. The number of hydrogen-bond donors (Lipinski definition) is 1. The number of nitrogens with two attached hydrogens (primary N) is 1. The smallest absolute Gasteiger partial charge is 0.226 e. The number of rotatable bonds is 4. The van der Waals surface area contributed by atoms with Gasteiger partial charge in [0.05, 0.1) is 0 Å². The van der Waals surface area contributed by atoms with Crippen LogP contribution in [-0.4, -0.2) is 29.9 Å². The van der Waals surface area contributed by atoms with Crippen LogP contribution in [0.15, 0.2) is 12.2 Å². The second kappa shape index (κ2) is 5.31. The maximum Gasteiger partial charge on any atom is 0.226 e.